The number of ether oxygens (including phenoxy) is 1. The normalized spacial score (nSPS) is 11.9. The molecule has 0 saturated heterocycles. The van der Waals surface area contributed by atoms with E-state index in [1.54, 1.807) is 6.92 Å². The highest BCUT2D eigenvalue weighted by Crippen LogP contribution is 2.25. The van der Waals surface area contributed by atoms with Gasteiger partial charge in [0, 0.05) is 0 Å². The van der Waals surface area contributed by atoms with Crippen LogP contribution in [0, 0.1) is 5.82 Å². The van der Waals surface area contributed by atoms with E-state index in [1.165, 1.54) is 18.2 Å². The molecule has 0 fully saturated rings. The van der Waals surface area contributed by atoms with E-state index in [4.69, 9.17) is 4.74 Å². The van der Waals surface area contributed by atoms with Crippen LogP contribution < -0.4 is 10.1 Å². The standard InChI is InChI=1S/C11H11BrFN5O2/c1-6(11-15-17-18-16-11)14-10(19)5-20-9-3-2-7(13)4-8(9)12/h2-4,6H,5H2,1H3,(H,14,19)(H,15,16,17,18). The molecule has 0 aliphatic heterocycles. The Bertz CT molecular complexity index is 593. The Morgan fingerprint density at radius 1 is 1.60 bits per heavy atom. The van der Waals surface area contributed by atoms with E-state index in [0.29, 0.717) is 16.0 Å². The number of halogens is 2. The summed E-state index contributed by atoms with van der Waals surface area (Å²) in [7, 11) is 0. The molecule has 9 heteroatoms. The fraction of sp³-hybridized carbons (Fsp3) is 0.273. The summed E-state index contributed by atoms with van der Waals surface area (Å²) in [5.41, 5.74) is 0. The molecule has 1 atom stereocenters. The lowest BCUT2D eigenvalue weighted by Gasteiger charge is -2.11. The van der Waals surface area contributed by atoms with Gasteiger partial charge in [-0.25, -0.2) is 4.39 Å². The number of nitrogens with one attached hydrogen (secondary N) is 2. The summed E-state index contributed by atoms with van der Waals surface area (Å²) >= 11 is 3.15. The number of aromatic nitrogens is 4. The third kappa shape index (κ3) is 3.73. The van der Waals surface area contributed by atoms with Crippen LogP contribution in [0.4, 0.5) is 4.39 Å². The number of benzene rings is 1. The number of nitrogens with zero attached hydrogens (tertiary/aromatic N) is 3. The Morgan fingerprint density at radius 2 is 2.40 bits per heavy atom. The number of rotatable bonds is 5. The number of amides is 1. The predicted octanol–water partition coefficient (Wildman–Crippen LogP) is 1.36. The first-order valence-electron chi connectivity index (χ1n) is 5.67. The molecule has 0 aliphatic rings. The maximum Gasteiger partial charge on any atom is 0.258 e. The van der Waals surface area contributed by atoms with Gasteiger partial charge in [0.05, 0.1) is 10.5 Å². The Hall–Kier alpha value is -2.03. The minimum Gasteiger partial charge on any atom is -0.483 e. The Kier molecular flexibility index (Phi) is 4.61. The van der Waals surface area contributed by atoms with Crippen molar-refractivity contribution in [2.45, 2.75) is 13.0 Å². The molecule has 2 rings (SSSR count). The van der Waals surface area contributed by atoms with Crippen LogP contribution in [0.5, 0.6) is 5.75 Å². The van der Waals surface area contributed by atoms with Crippen molar-refractivity contribution < 1.29 is 13.9 Å². The lowest BCUT2D eigenvalue weighted by molar-refractivity contribution is -0.123. The zero-order valence-corrected chi connectivity index (χ0v) is 12.0. The summed E-state index contributed by atoms with van der Waals surface area (Å²) in [5.74, 6) is 0.0213. The quantitative estimate of drug-likeness (QED) is 0.854. The molecule has 2 N–H and O–H groups in total. The smallest absolute Gasteiger partial charge is 0.258 e. The molecule has 0 bridgehead atoms. The van der Waals surface area contributed by atoms with Crippen LogP contribution >= 0.6 is 15.9 Å². The van der Waals surface area contributed by atoms with Gasteiger partial charge in [-0.1, -0.05) is 5.21 Å². The van der Waals surface area contributed by atoms with Crippen LogP contribution in [0.15, 0.2) is 22.7 Å². The fourth-order valence-corrected chi connectivity index (χ4v) is 1.90. The Morgan fingerprint density at radius 3 is 3.05 bits per heavy atom. The van der Waals surface area contributed by atoms with E-state index in [0.717, 1.165) is 0 Å². The molecule has 106 valence electrons. The number of tetrazole rings is 1. The van der Waals surface area contributed by atoms with Crippen LogP contribution in [0.1, 0.15) is 18.8 Å². The van der Waals surface area contributed by atoms with Crippen LogP contribution in [-0.4, -0.2) is 33.1 Å². The van der Waals surface area contributed by atoms with Gasteiger partial charge in [-0.2, -0.15) is 5.21 Å². The van der Waals surface area contributed by atoms with E-state index in [2.05, 4.69) is 41.9 Å². The number of carbonyl (C=O) groups is 1. The van der Waals surface area contributed by atoms with Gasteiger partial charge in [-0.05, 0) is 41.1 Å². The third-order valence-electron chi connectivity index (χ3n) is 2.38. The first kappa shape index (κ1) is 14.4. The molecule has 0 radical (unpaired) electrons. The SMILES string of the molecule is CC(NC(=O)COc1ccc(F)cc1Br)c1nn[nH]n1. The monoisotopic (exact) mass is 343 g/mol. The number of H-pyrrole nitrogens is 1. The summed E-state index contributed by atoms with van der Waals surface area (Å²) in [5, 5.41) is 15.9. The average Bonchev–Trinajstić information content (AvgIpc) is 2.91. The molecule has 1 aromatic carbocycles. The molecule has 0 spiro atoms. The van der Waals surface area contributed by atoms with Crippen molar-refractivity contribution in [2.24, 2.45) is 0 Å². The van der Waals surface area contributed by atoms with E-state index < -0.39 is 0 Å². The molecule has 0 aliphatic carbocycles. The summed E-state index contributed by atoms with van der Waals surface area (Å²) in [6, 6.07) is 3.56. The van der Waals surface area contributed by atoms with Gasteiger partial charge < -0.3 is 10.1 Å². The second kappa shape index (κ2) is 6.42. The Labute approximate surface area is 122 Å². The van der Waals surface area contributed by atoms with Crippen molar-refractivity contribution in [3.63, 3.8) is 0 Å². The molecular weight excluding hydrogens is 333 g/mol. The van der Waals surface area contributed by atoms with Gasteiger partial charge in [0.1, 0.15) is 11.6 Å². The van der Waals surface area contributed by atoms with Gasteiger partial charge >= 0.3 is 0 Å². The fourth-order valence-electron chi connectivity index (χ4n) is 1.44. The first-order chi connectivity index (χ1) is 9.56. The van der Waals surface area contributed by atoms with Gasteiger partial charge in [0.25, 0.3) is 5.91 Å². The maximum absolute atomic E-state index is 12.9. The minimum absolute atomic E-state index is 0.202. The molecule has 1 amide bonds. The number of hydrogen-bond donors (Lipinski definition) is 2. The second-order valence-electron chi connectivity index (χ2n) is 3.92. The highest BCUT2D eigenvalue weighted by molar-refractivity contribution is 9.10. The number of carbonyl (C=O) groups excluding carboxylic acids is 1. The zero-order chi connectivity index (χ0) is 14.5. The van der Waals surface area contributed by atoms with Crippen LogP contribution in [0.25, 0.3) is 0 Å². The van der Waals surface area contributed by atoms with E-state index >= 15 is 0 Å². The number of aromatic amines is 1. The molecule has 2 aromatic rings. The molecular formula is C11H11BrFN5O2. The molecule has 0 saturated carbocycles. The highest BCUT2D eigenvalue weighted by atomic mass is 79.9. The average molecular weight is 344 g/mol. The van der Waals surface area contributed by atoms with E-state index in [-0.39, 0.29) is 24.4 Å². The third-order valence-corrected chi connectivity index (χ3v) is 3.00. The molecule has 7 nitrogen and oxygen atoms in total. The van der Waals surface area contributed by atoms with Gasteiger partial charge in [-0.15, -0.1) is 10.2 Å². The van der Waals surface area contributed by atoms with Crippen LogP contribution in [0.2, 0.25) is 0 Å². The summed E-state index contributed by atoms with van der Waals surface area (Å²) < 4.78 is 18.6. The van der Waals surface area contributed by atoms with Crippen molar-refractivity contribution in [3.05, 3.63) is 34.3 Å². The minimum atomic E-state index is -0.389. The zero-order valence-electron chi connectivity index (χ0n) is 10.4. The largest absolute Gasteiger partial charge is 0.483 e. The molecule has 1 aromatic heterocycles. The first-order valence-corrected chi connectivity index (χ1v) is 6.46. The summed E-state index contributed by atoms with van der Waals surface area (Å²) in [6.07, 6.45) is 0. The highest BCUT2D eigenvalue weighted by Gasteiger charge is 2.14. The van der Waals surface area contributed by atoms with Crippen molar-refractivity contribution in [1.82, 2.24) is 25.9 Å². The predicted molar refractivity (Wildman–Crippen MR) is 70.3 cm³/mol. The van der Waals surface area contributed by atoms with Crippen molar-refractivity contribution in [2.75, 3.05) is 6.61 Å². The molecule has 1 heterocycles. The van der Waals surface area contributed by atoms with Gasteiger partial charge in [0.2, 0.25) is 0 Å². The van der Waals surface area contributed by atoms with Crippen LogP contribution in [0.3, 0.4) is 0 Å². The van der Waals surface area contributed by atoms with E-state index in [9.17, 15) is 9.18 Å². The number of hydrogen-bond acceptors (Lipinski definition) is 5. The topological polar surface area (TPSA) is 92.8 Å². The lowest BCUT2D eigenvalue weighted by atomic mass is 10.3. The Balaban J connectivity index is 1.86. The van der Waals surface area contributed by atoms with Crippen LogP contribution in [-0.2, 0) is 4.79 Å². The summed E-state index contributed by atoms with van der Waals surface area (Å²) in [4.78, 5) is 11.7. The molecule has 20 heavy (non-hydrogen) atoms. The van der Waals surface area contributed by atoms with E-state index in [1.807, 2.05) is 0 Å². The lowest BCUT2D eigenvalue weighted by Crippen LogP contribution is -2.31. The molecule has 1 unspecified atom stereocenters. The second-order valence-corrected chi connectivity index (χ2v) is 4.78. The van der Waals surface area contributed by atoms with Gasteiger partial charge in [-0.3, -0.25) is 4.79 Å². The van der Waals surface area contributed by atoms with Crippen molar-refractivity contribution >= 4 is 21.8 Å². The van der Waals surface area contributed by atoms with Crippen molar-refractivity contribution in [3.8, 4) is 5.75 Å². The van der Waals surface area contributed by atoms with Gasteiger partial charge in [0.15, 0.2) is 12.4 Å². The van der Waals surface area contributed by atoms with Crippen molar-refractivity contribution in [1.29, 1.82) is 0 Å². The maximum atomic E-state index is 12.9. The summed E-state index contributed by atoms with van der Waals surface area (Å²) in [6.45, 7) is 1.52.